The molecule has 4 N–H and O–H groups in total. The van der Waals surface area contributed by atoms with E-state index >= 15 is 0 Å². The van der Waals surface area contributed by atoms with Crippen LogP contribution in [0, 0.1) is 0 Å². The van der Waals surface area contributed by atoms with Crippen LogP contribution < -0.4 is 0 Å². The van der Waals surface area contributed by atoms with Crippen LogP contribution in [-0.4, -0.2) is 101 Å². The molecule has 0 saturated carbocycles. The molecule has 4 atom stereocenters. The summed E-state index contributed by atoms with van der Waals surface area (Å²) in [6.45, 7) is 10.6. The van der Waals surface area contributed by atoms with Gasteiger partial charge in [-0.2, -0.15) is 0 Å². The molecule has 0 amide bonds. The first-order valence-corrected chi connectivity index (χ1v) is 7.82. The molecule has 0 aliphatic carbocycles. The van der Waals surface area contributed by atoms with Crippen LogP contribution >= 0.6 is 0 Å². The maximum Gasteiger partial charge on any atom is 0.105 e. The van der Waals surface area contributed by atoms with Gasteiger partial charge in [0.1, 0.15) is 25.3 Å². The predicted octanol–water partition coefficient (Wildman–Crippen LogP) is -0.742. The van der Waals surface area contributed by atoms with Gasteiger partial charge in [-0.05, 0) is 27.7 Å². The molecule has 0 rings (SSSR count). The molecule has 0 saturated heterocycles. The number of aliphatic hydroxyl groups excluding tert-OH is 4. The summed E-state index contributed by atoms with van der Waals surface area (Å²) in [7, 11) is 2.02. The van der Waals surface area contributed by atoms with Gasteiger partial charge < -0.3 is 24.9 Å². The third kappa shape index (κ3) is 11.0. The van der Waals surface area contributed by atoms with Crippen molar-refractivity contribution in [1.29, 1.82) is 0 Å². The Hall–Kier alpha value is -0.240. The zero-order chi connectivity index (χ0) is 16.6. The fourth-order valence-corrected chi connectivity index (χ4v) is 2.92. The van der Waals surface area contributed by atoms with Crippen LogP contribution in [0.25, 0.3) is 0 Å². The van der Waals surface area contributed by atoms with E-state index in [1.54, 1.807) is 27.7 Å². The van der Waals surface area contributed by atoms with E-state index in [-0.39, 0.29) is 0 Å². The minimum absolute atomic E-state index is 0.435. The summed E-state index contributed by atoms with van der Waals surface area (Å²) in [5.41, 5.74) is 0. The van der Waals surface area contributed by atoms with Gasteiger partial charge in [0.25, 0.3) is 0 Å². The summed E-state index contributed by atoms with van der Waals surface area (Å²) in [5.74, 6) is 0. The average Bonchev–Trinajstić information content (AvgIpc) is 2.21. The normalized spacial score (nSPS) is 20.9. The molecule has 0 aromatic rings. The summed E-state index contributed by atoms with van der Waals surface area (Å²) < 4.78 is 0.561. The first-order valence-electron chi connectivity index (χ1n) is 7.82. The standard InChI is InChI=1S/C15H35N2O4/c1-12(18)8-16(9-13(2)19)6-7-17(5,10-14(3)20)11-15(4)21/h12-15,18-21H,6-11H2,1-5H3/q+1. The van der Waals surface area contributed by atoms with Crippen LogP contribution in [0.4, 0.5) is 0 Å². The number of nitrogens with zero attached hydrogens (tertiary/aromatic N) is 2. The van der Waals surface area contributed by atoms with E-state index < -0.39 is 24.4 Å². The topological polar surface area (TPSA) is 84.2 Å². The smallest absolute Gasteiger partial charge is 0.105 e. The van der Waals surface area contributed by atoms with Crippen molar-refractivity contribution in [2.24, 2.45) is 0 Å². The second-order valence-corrected chi connectivity index (χ2v) is 6.86. The molecule has 0 aliphatic heterocycles. The number of rotatable bonds is 11. The zero-order valence-electron chi connectivity index (χ0n) is 14.2. The van der Waals surface area contributed by atoms with Gasteiger partial charge in [-0.15, -0.1) is 0 Å². The van der Waals surface area contributed by atoms with Crippen molar-refractivity contribution in [3.63, 3.8) is 0 Å². The average molecular weight is 307 g/mol. The molecule has 0 fully saturated rings. The second-order valence-electron chi connectivity index (χ2n) is 6.86. The Morgan fingerprint density at radius 1 is 0.762 bits per heavy atom. The third-order valence-corrected chi connectivity index (χ3v) is 3.41. The molecule has 0 aromatic carbocycles. The van der Waals surface area contributed by atoms with Gasteiger partial charge in [0, 0.05) is 19.6 Å². The largest absolute Gasteiger partial charge is 0.392 e. The van der Waals surface area contributed by atoms with Crippen molar-refractivity contribution in [3.05, 3.63) is 0 Å². The van der Waals surface area contributed by atoms with Gasteiger partial charge in [-0.25, -0.2) is 0 Å². The summed E-state index contributed by atoms with van der Waals surface area (Å²) in [6, 6.07) is 0. The van der Waals surface area contributed by atoms with Crippen LogP contribution in [0.3, 0.4) is 0 Å². The van der Waals surface area contributed by atoms with Crippen LogP contribution in [0.1, 0.15) is 27.7 Å². The van der Waals surface area contributed by atoms with E-state index in [2.05, 4.69) is 0 Å². The fourth-order valence-electron chi connectivity index (χ4n) is 2.92. The van der Waals surface area contributed by atoms with E-state index in [4.69, 9.17) is 0 Å². The Morgan fingerprint density at radius 2 is 1.14 bits per heavy atom. The second kappa shape index (κ2) is 9.71. The Bertz CT molecular complexity index is 250. The molecule has 0 bridgehead atoms. The highest BCUT2D eigenvalue weighted by atomic mass is 16.3. The van der Waals surface area contributed by atoms with E-state index in [1.165, 1.54) is 0 Å². The van der Waals surface area contributed by atoms with Crippen molar-refractivity contribution < 1.29 is 24.9 Å². The molecule has 0 radical (unpaired) electrons. The SMILES string of the molecule is CC(O)CN(CC[N+](C)(CC(C)O)CC(C)O)CC(C)O. The third-order valence-electron chi connectivity index (χ3n) is 3.41. The first kappa shape index (κ1) is 20.8. The quantitative estimate of drug-likeness (QED) is 0.378. The number of aliphatic hydroxyl groups is 4. The lowest BCUT2D eigenvalue weighted by molar-refractivity contribution is -0.914. The zero-order valence-corrected chi connectivity index (χ0v) is 14.2. The number of quaternary nitrogens is 1. The molecule has 0 aliphatic rings. The number of hydrogen-bond donors (Lipinski definition) is 4. The van der Waals surface area contributed by atoms with E-state index in [0.29, 0.717) is 37.2 Å². The van der Waals surface area contributed by atoms with Crippen LogP contribution in [0.5, 0.6) is 0 Å². The molecule has 0 heterocycles. The lowest BCUT2D eigenvalue weighted by Gasteiger charge is -2.38. The molecule has 4 unspecified atom stereocenters. The summed E-state index contributed by atoms with van der Waals surface area (Å²) in [6.07, 6.45) is -1.77. The van der Waals surface area contributed by atoms with E-state index in [1.807, 2.05) is 11.9 Å². The lowest BCUT2D eigenvalue weighted by Crippen LogP contribution is -2.55. The van der Waals surface area contributed by atoms with E-state index in [9.17, 15) is 20.4 Å². The maximum absolute atomic E-state index is 9.67. The van der Waals surface area contributed by atoms with Crippen molar-refractivity contribution in [2.45, 2.75) is 52.1 Å². The number of hydrogen-bond acceptors (Lipinski definition) is 5. The molecule has 21 heavy (non-hydrogen) atoms. The Balaban J connectivity index is 4.65. The van der Waals surface area contributed by atoms with Gasteiger partial charge in [-0.3, -0.25) is 4.90 Å². The Labute approximate surface area is 129 Å². The molecule has 0 spiro atoms. The van der Waals surface area contributed by atoms with Gasteiger partial charge in [-0.1, -0.05) is 0 Å². The molecule has 128 valence electrons. The van der Waals surface area contributed by atoms with Gasteiger partial charge >= 0.3 is 0 Å². The molecular formula is C15H35N2O4+. The predicted molar refractivity (Wildman–Crippen MR) is 83.9 cm³/mol. The van der Waals surface area contributed by atoms with Crippen molar-refractivity contribution in [3.8, 4) is 0 Å². The number of likely N-dealkylation sites (N-methyl/N-ethyl adjacent to an activating group) is 1. The summed E-state index contributed by atoms with van der Waals surface area (Å²) in [4.78, 5) is 2.02. The highest BCUT2D eigenvalue weighted by Gasteiger charge is 2.27. The highest BCUT2D eigenvalue weighted by Crippen LogP contribution is 2.08. The summed E-state index contributed by atoms with van der Waals surface area (Å²) in [5, 5.41) is 38.4. The molecule has 6 heteroatoms. The highest BCUT2D eigenvalue weighted by molar-refractivity contribution is 4.65. The maximum atomic E-state index is 9.67. The fraction of sp³-hybridized carbons (Fsp3) is 1.00. The first-order chi connectivity index (χ1) is 9.54. The minimum atomic E-state index is -0.448. The van der Waals surface area contributed by atoms with Gasteiger partial charge in [0.2, 0.25) is 0 Å². The monoisotopic (exact) mass is 307 g/mol. The van der Waals surface area contributed by atoms with Gasteiger partial charge in [0.15, 0.2) is 0 Å². The van der Waals surface area contributed by atoms with Crippen LogP contribution in [0.2, 0.25) is 0 Å². The summed E-state index contributed by atoms with van der Waals surface area (Å²) >= 11 is 0. The van der Waals surface area contributed by atoms with Crippen LogP contribution in [0.15, 0.2) is 0 Å². The molecular weight excluding hydrogens is 272 g/mol. The Morgan fingerprint density at radius 3 is 1.43 bits per heavy atom. The lowest BCUT2D eigenvalue weighted by atomic mass is 10.2. The van der Waals surface area contributed by atoms with Crippen molar-refractivity contribution in [2.75, 3.05) is 46.3 Å². The minimum Gasteiger partial charge on any atom is -0.392 e. The van der Waals surface area contributed by atoms with E-state index in [0.717, 1.165) is 6.54 Å². The van der Waals surface area contributed by atoms with Crippen molar-refractivity contribution >= 4 is 0 Å². The molecule has 0 aromatic heterocycles. The Kier molecular flexibility index (Phi) is 9.60. The van der Waals surface area contributed by atoms with Gasteiger partial charge in [0.05, 0.1) is 25.8 Å². The van der Waals surface area contributed by atoms with Crippen LogP contribution in [-0.2, 0) is 0 Å². The van der Waals surface area contributed by atoms with Crippen molar-refractivity contribution in [1.82, 2.24) is 4.90 Å². The molecule has 6 nitrogen and oxygen atoms in total.